The van der Waals surface area contributed by atoms with Gasteiger partial charge in [-0.25, -0.2) is 4.98 Å². The number of aromatic nitrogens is 4. The molecule has 12 aromatic rings. The van der Waals surface area contributed by atoms with Crippen LogP contribution in [-0.4, -0.2) is 14.1 Å². The van der Waals surface area contributed by atoms with E-state index in [4.69, 9.17) is 28.9 Å². The third-order valence-corrected chi connectivity index (χ3v) is 14.9. The van der Waals surface area contributed by atoms with E-state index in [2.05, 4.69) is 141 Å². The summed E-state index contributed by atoms with van der Waals surface area (Å²) in [6.45, 7) is 11.6. The van der Waals surface area contributed by atoms with Crippen LogP contribution in [0.25, 0.3) is 94.5 Å². The maximum Gasteiger partial charge on any atom is 0.268 e. The van der Waals surface area contributed by atoms with E-state index in [0.717, 1.165) is 55.4 Å². The first-order valence-electron chi connectivity index (χ1n) is 33.8. The van der Waals surface area contributed by atoms with Gasteiger partial charge in [-0.2, -0.15) is 18.2 Å². The number of para-hydroxylation sites is 2. The van der Waals surface area contributed by atoms with Crippen molar-refractivity contribution in [3.8, 4) is 73.2 Å². The second-order valence-electron chi connectivity index (χ2n) is 23.6. The molecule has 9 aromatic carbocycles. The van der Waals surface area contributed by atoms with Crippen molar-refractivity contribution in [2.75, 3.05) is 0 Å². The number of rotatable bonds is 9. The zero-order valence-corrected chi connectivity index (χ0v) is 48.9. The molecule has 0 saturated heterocycles. The molecule has 0 amide bonds. The first-order chi connectivity index (χ1) is 44.0. The number of aryl methyl sites for hydroxylation is 3. The molecule has 0 aliphatic rings. The minimum Gasteiger partial charge on any atom is -0.510 e. The summed E-state index contributed by atoms with van der Waals surface area (Å²) in [5, 5.41) is 1.52. The monoisotopic (exact) mass is 1250 g/mol. The fourth-order valence-corrected chi connectivity index (χ4v) is 10.6. The van der Waals surface area contributed by atoms with Gasteiger partial charge in [0, 0.05) is 62.2 Å². The molecular weight excluding hydrogens is 1170 g/mol. The number of benzene rings is 9. The molecule has 5 nitrogen and oxygen atoms in total. The Morgan fingerprint density at radius 2 is 1.17 bits per heavy atom. The number of fused-ring (bicyclic) bond motifs is 4. The van der Waals surface area contributed by atoms with Gasteiger partial charge in [0.25, 0.3) is 6.33 Å². The molecule has 0 saturated carbocycles. The Labute approximate surface area is 512 Å². The summed E-state index contributed by atoms with van der Waals surface area (Å²) in [7, 11) is 0. The summed E-state index contributed by atoms with van der Waals surface area (Å²) in [6.07, 6.45) is 5.00. The fourth-order valence-electron chi connectivity index (χ4n) is 10.6. The van der Waals surface area contributed by atoms with Crippen molar-refractivity contribution >= 4 is 32.8 Å². The average Bonchev–Trinajstić information content (AvgIpc) is 1.66. The summed E-state index contributed by atoms with van der Waals surface area (Å²) in [5.41, 5.74) is 9.69. The zero-order valence-electron chi connectivity index (χ0n) is 60.6. The van der Waals surface area contributed by atoms with Gasteiger partial charge in [-0.1, -0.05) is 207 Å². The molecule has 6 heteroatoms. The third kappa shape index (κ3) is 10.4. The van der Waals surface area contributed by atoms with E-state index in [1.807, 2.05) is 63.7 Å². The summed E-state index contributed by atoms with van der Waals surface area (Å²) < 4.78 is 133. The quantitative estimate of drug-likeness (QED) is 0.107. The van der Waals surface area contributed by atoms with Gasteiger partial charge in [-0.15, -0.1) is 29.7 Å². The summed E-state index contributed by atoms with van der Waals surface area (Å²) >= 11 is 0. The molecule has 3 heterocycles. The van der Waals surface area contributed by atoms with Gasteiger partial charge in [0.05, 0.1) is 23.6 Å². The number of pyridine rings is 1. The van der Waals surface area contributed by atoms with Crippen LogP contribution < -0.4 is 9.30 Å². The van der Waals surface area contributed by atoms with Crippen LogP contribution in [0.4, 0.5) is 0 Å². The maximum absolute atomic E-state index is 8.72. The molecule has 0 atom stereocenters. The Kier molecular flexibility index (Phi) is 10.4. The number of nitrogens with zero attached hydrogens (tertiary/aromatic N) is 4. The fraction of sp³-hybridized carbons (Fsp3) is 0.200. The van der Waals surface area contributed by atoms with Gasteiger partial charge < -0.3 is 13.9 Å². The molecule has 81 heavy (non-hydrogen) atoms. The summed E-state index contributed by atoms with van der Waals surface area (Å²) in [6, 6.07) is 53.4. The normalized spacial score (nSPS) is 15.1. The van der Waals surface area contributed by atoms with Crippen molar-refractivity contribution in [3.63, 3.8) is 0 Å². The predicted molar refractivity (Wildman–Crippen MR) is 332 cm³/mol. The van der Waals surface area contributed by atoms with E-state index < -0.39 is 50.8 Å². The molecule has 3 aromatic heterocycles. The molecule has 0 N–H and O–H groups in total. The molecule has 0 spiro atoms. The molecule has 0 fully saturated rings. The van der Waals surface area contributed by atoms with Gasteiger partial charge in [0.1, 0.15) is 5.82 Å². The Morgan fingerprint density at radius 3 is 1.89 bits per heavy atom. The third-order valence-electron chi connectivity index (χ3n) is 14.9. The number of ether oxygens (including phenoxy) is 1. The van der Waals surface area contributed by atoms with Crippen LogP contribution >= 0.6 is 0 Å². The van der Waals surface area contributed by atoms with E-state index in [9.17, 15) is 0 Å². The Balaban J connectivity index is 0.00000919. The minimum atomic E-state index is -2.82. The van der Waals surface area contributed by atoms with Gasteiger partial charge >= 0.3 is 0 Å². The second kappa shape index (κ2) is 21.1. The topological polar surface area (TPSA) is 35.9 Å². The first kappa shape index (κ1) is 40.1. The van der Waals surface area contributed by atoms with Crippen LogP contribution in [0.15, 0.2) is 194 Å². The van der Waals surface area contributed by atoms with Crippen LogP contribution in [0, 0.1) is 39.0 Å². The molecule has 406 valence electrons. The van der Waals surface area contributed by atoms with Gasteiger partial charge in [-0.3, -0.25) is 4.57 Å². The number of imidazole rings is 1. The van der Waals surface area contributed by atoms with Crippen LogP contribution in [0.3, 0.4) is 0 Å². The van der Waals surface area contributed by atoms with Gasteiger partial charge in [0.15, 0.2) is 0 Å². The number of hydrogen-bond donors (Lipinski definition) is 0. The Morgan fingerprint density at radius 1 is 0.519 bits per heavy atom. The molecule has 0 aliphatic carbocycles. The molecular formula is C75H68N4OPt-2. The Hall–Kier alpha value is -8.11. The van der Waals surface area contributed by atoms with Crippen molar-refractivity contribution in [1.29, 1.82) is 0 Å². The molecule has 0 aliphatic heterocycles. The van der Waals surface area contributed by atoms with Crippen LogP contribution in [0.1, 0.15) is 115 Å². The first-order valence-corrected chi connectivity index (χ1v) is 26.8. The minimum absolute atomic E-state index is 0. The SMILES string of the molecule is [2H]c1c([2H])c([2H])c(-c2cnc(-n3c4[c-]c(Oc5[c-]c(-n6[c-][n+](-c7c(-c8cccc(C(C)(C)C)c8)cccc7-c7cc(C(C)(C)C)cc(C(C)(C)C)c7)c7ccc(-c8c(C([2H])([2H])[2H])cccc8C([2H])([2H])[2H])cc76)ccc5)ccc4c4ccccc43)cc2C([2H])([2H])[2H])c([2H])c1[2H].[Pt]. The second-order valence-corrected chi connectivity index (χ2v) is 23.6. The molecule has 0 radical (unpaired) electrons. The van der Waals surface area contributed by atoms with Crippen LogP contribution in [0.5, 0.6) is 11.5 Å². The van der Waals surface area contributed by atoms with Crippen molar-refractivity contribution < 1.29 is 49.6 Å². The van der Waals surface area contributed by atoms with E-state index in [0.29, 0.717) is 33.3 Å². The van der Waals surface area contributed by atoms with Gasteiger partial charge in [0.2, 0.25) is 0 Å². The van der Waals surface area contributed by atoms with E-state index >= 15 is 0 Å². The van der Waals surface area contributed by atoms with E-state index in [1.54, 1.807) is 22.8 Å². The largest absolute Gasteiger partial charge is 0.510 e. The standard InChI is InChI=1S/C75H68N4O.Pt/c1-48-22-18-23-49(2)71(48)53-34-37-67-69(42-53)77(47-78(67)72-61(52-26-19-27-55(39-52)73(4,5)6)31-21-32-62(72)54-40-56(74(7,8)9)43-57(41-54)75(10,11)12)58-28-20-29-59(44-58)80-60-35-36-64-63-30-16-17-33-66(63)79(68(64)45-60)70-38-50(3)65(46-76-70)51-24-14-13-15-25-51;/h13-43,46H,1-12H3;/q-2;/i1D3,2D3,3D3,13D,14D,15D,24D,25D;. The molecule has 12 rings (SSSR count). The number of hydrogen-bond acceptors (Lipinski definition) is 2. The van der Waals surface area contributed by atoms with Crippen molar-refractivity contribution in [3.05, 3.63) is 246 Å². The van der Waals surface area contributed by atoms with E-state index in [1.165, 1.54) is 30.5 Å². The Bertz CT molecular complexity index is 4940. The van der Waals surface area contributed by atoms with Crippen LogP contribution in [0.2, 0.25) is 0 Å². The zero-order chi connectivity index (χ0) is 67.7. The van der Waals surface area contributed by atoms with Crippen molar-refractivity contribution in [2.24, 2.45) is 0 Å². The molecule has 0 bridgehead atoms. The van der Waals surface area contributed by atoms with Gasteiger partial charge in [-0.05, 0) is 138 Å². The molecule has 0 unspecified atom stereocenters. The van der Waals surface area contributed by atoms with Crippen LogP contribution in [-0.2, 0) is 37.3 Å². The van der Waals surface area contributed by atoms with E-state index in [-0.39, 0.29) is 88.0 Å². The maximum atomic E-state index is 8.72. The predicted octanol–water partition coefficient (Wildman–Crippen LogP) is 19.1. The smallest absolute Gasteiger partial charge is 0.268 e. The van der Waals surface area contributed by atoms with Crippen molar-refractivity contribution in [2.45, 2.75) is 99.1 Å². The summed E-state index contributed by atoms with van der Waals surface area (Å²) in [4.78, 5) is 4.73. The summed E-state index contributed by atoms with van der Waals surface area (Å²) in [5.74, 6) is 0.663. The average molecular weight is 1250 g/mol. The van der Waals surface area contributed by atoms with Crippen molar-refractivity contribution in [1.82, 2.24) is 14.1 Å².